The third-order valence-corrected chi connectivity index (χ3v) is 9.31. The maximum Gasteiger partial charge on any atom is 0.124 e. The summed E-state index contributed by atoms with van der Waals surface area (Å²) in [5.41, 5.74) is 3.14. The molecule has 31 heavy (non-hydrogen) atoms. The van der Waals surface area contributed by atoms with Gasteiger partial charge in [-0.05, 0) is 73.0 Å². The Hall–Kier alpha value is -0.870. The molecule has 0 amide bonds. The fourth-order valence-corrected chi connectivity index (χ4v) is 7.65. The zero-order chi connectivity index (χ0) is 21.7. The van der Waals surface area contributed by atoms with Crippen molar-refractivity contribution in [2.75, 3.05) is 0 Å². The van der Waals surface area contributed by atoms with Crippen LogP contribution < -0.4 is 0 Å². The standard InChI is InChI=1S/C27H42O3S/c28-31(29,30)27-25(22-15-9-3-4-10-16-22)19-24(21-13-7-1-2-8-14-21)20-26(27)23-17-11-5-6-12-18-23/h19-23H,1-18H2,(H,28,29,30)/p-1. The minimum atomic E-state index is -4.49. The van der Waals surface area contributed by atoms with E-state index in [1.54, 1.807) is 0 Å². The molecule has 0 bridgehead atoms. The minimum absolute atomic E-state index is 0.198. The lowest BCUT2D eigenvalue weighted by atomic mass is 9.81. The number of hydrogen-bond acceptors (Lipinski definition) is 3. The Morgan fingerprint density at radius 2 is 0.871 bits per heavy atom. The van der Waals surface area contributed by atoms with E-state index in [1.165, 1.54) is 69.8 Å². The highest BCUT2D eigenvalue weighted by molar-refractivity contribution is 7.85. The molecule has 3 saturated carbocycles. The van der Waals surface area contributed by atoms with Crippen LogP contribution in [-0.2, 0) is 10.1 Å². The summed E-state index contributed by atoms with van der Waals surface area (Å²) in [6, 6.07) is 4.38. The van der Waals surface area contributed by atoms with Gasteiger partial charge in [0.25, 0.3) is 0 Å². The molecule has 174 valence electrons. The first kappa shape index (κ1) is 23.3. The average molecular weight is 446 g/mol. The molecule has 0 heterocycles. The summed E-state index contributed by atoms with van der Waals surface area (Å²) in [7, 11) is -4.49. The van der Waals surface area contributed by atoms with Gasteiger partial charge in [0.1, 0.15) is 10.1 Å². The van der Waals surface area contributed by atoms with Gasteiger partial charge in [0.2, 0.25) is 0 Å². The zero-order valence-electron chi connectivity index (χ0n) is 19.2. The Balaban J connectivity index is 1.84. The third kappa shape index (κ3) is 5.93. The normalized spacial score (nSPS) is 23.8. The Morgan fingerprint density at radius 1 is 0.548 bits per heavy atom. The summed E-state index contributed by atoms with van der Waals surface area (Å²) in [6.07, 6.45) is 21.2. The molecule has 1 aromatic carbocycles. The second kappa shape index (κ2) is 10.8. The molecule has 0 N–H and O–H groups in total. The van der Waals surface area contributed by atoms with Crippen molar-refractivity contribution in [3.8, 4) is 0 Å². The minimum Gasteiger partial charge on any atom is -0.744 e. The van der Waals surface area contributed by atoms with Gasteiger partial charge >= 0.3 is 0 Å². The molecule has 4 heteroatoms. The van der Waals surface area contributed by atoms with Crippen LogP contribution in [0.4, 0.5) is 0 Å². The Bertz CT molecular complexity index is 764. The first-order valence-electron chi connectivity index (χ1n) is 13.2. The number of benzene rings is 1. The third-order valence-electron chi connectivity index (χ3n) is 8.34. The maximum absolute atomic E-state index is 12.7. The van der Waals surface area contributed by atoms with Crippen molar-refractivity contribution >= 4 is 10.1 Å². The van der Waals surface area contributed by atoms with Gasteiger partial charge in [0, 0.05) is 0 Å². The lowest BCUT2D eigenvalue weighted by Crippen LogP contribution is -2.16. The Morgan fingerprint density at radius 3 is 1.19 bits per heavy atom. The topological polar surface area (TPSA) is 57.2 Å². The second-order valence-corrected chi connectivity index (χ2v) is 11.9. The van der Waals surface area contributed by atoms with Crippen molar-refractivity contribution in [2.24, 2.45) is 0 Å². The molecule has 0 unspecified atom stereocenters. The van der Waals surface area contributed by atoms with Crippen molar-refractivity contribution in [1.82, 2.24) is 0 Å². The van der Waals surface area contributed by atoms with Crippen LogP contribution in [0.15, 0.2) is 17.0 Å². The molecule has 0 atom stereocenters. The van der Waals surface area contributed by atoms with E-state index in [9.17, 15) is 13.0 Å². The molecule has 0 spiro atoms. The molecule has 0 aliphatic heterocycles. The summed E-state index contributed by atoms with van der Waals surface area (Å²) >= 11 is 0. The summed E-state index contributed by atoms with van der Waals surface area (Å²) in [6.45, 7) is 0. The van der Waals surface area contributed by atoms with E-state index in [1.807, 2.05) is 0 Å². The second-order valence-electron chi connectivity index (χ2n) is 10.5. The highest BCUT2D eigenvalue weighted by atomic mass is 32.2. The first-order chi connectivity index (χ1) is 15.0. The highest BCUT2D eigenvalue weighted by Crippen LogP contribution is 2.44. The largest absolute Gasteiger partial charge is 0.744 e. The Kier molecular flexibility index (Phi) is 8.14. The van der Waals surface area contributed by atoms with Gasteiger partial charge in [-0.3, -0.25) is 0 Å². The van der Waals surface area contributed by atoms with Gasteiger partial charge in [-0.1, -0.05) is 89.2 Å². The van der Waals surface area contributed by atoms with Crippen molar-refractivity contribution < 1.29 is 13.0 Å². The monoisotopic (exact) mass is 445 g/mol. The van der Waals surface area contributed by atoms with E-state index in [2.05, 4.69) is 12.1 Å². The summed E-state index contributed by atoms with van der Waals surface area (Å²) < 4.78 is 38.2. The number of rotatable bonds is 4. The van der Waals surface area contributed by atoms with E-state index >= 15 is 0 Å². The molecule has 0 radical (unpaired) electrons. The lowest BCUT2D eigenvalue weighted by molar-refractivity contribution is 0.454. The van der Waals surface area contributed by atoms with Crippen molar-refractivity contribution in [3.63, 3.8) is 0 Å². The van der Waals surface area contributed by atoms with E-state index in [0.29, 0.717) is 5.92 Å². The Labute approximate surface area is 190 Å². The van der Waals surface area contributed by atoms with Gasteiger partial charge in [0.15, 0.2) is 0 Å². The fourth-order valence-electron chi connectivity index (χ4n) is 6.62. The maximum atomic E-state index is 12.7. The molecule has 0 aromatic heterocycles. The predicted octanol–water partition coefficient (Wildman–Crippen LogP) is 7.90. The summed E-state index contributed by atoms with van der Waals surface area (Å²) in [5.74, 6) is 0.993. The van der Waals surface area contributed by atoms with E-state index < -0.39 is 10.1 Å². The van der Waals surface area contributed by atoms with Crippen LogP contribution >= 0.6 is 0 Å². The predicted molar refractivity (Wildman–Crippen MR) is 126 cm³/mol. The van der Waals surface area contributed by atoms with Gasteiger partial charge in [-0.2, -0.15) is 0 Å². The van der Waals surface area contributed by atoms with Crippen LogP contribution in [0.5, 0.6) is 0 Å². The fraction of sp³-hybridized carbons (Fsp3) is 0.778. The molecule has 3 aliphatic rings. The smallest absolute Gasteiger partial charge is 0.124 e. The quantitative estimate of drug-likeness (QED) is 0.349. The van der Waals surface area contributed by atoms with Crippen LogP contribution in [0, 0.1) is 0 Å². The van der Waals surface area contributed by atoms with Crippen LogP contribution in [0.3, 0.4) is 0 Å². The molecule has 4 rings (SSSR count). The summed E-state index contributed by atoms with van der Waals surface area (Å²) in [5, 5.41) is 0. The highest BCUT2D eigenvalue weighted by Gasteiger charge is 2.29. The molecule has 3 aliphatic carbocycles. The average Bonchev–Trinajstić information content (AvgIpc) is 3.28. The molecule has 3 fully saturated rings. The van der Waals surface area contributed by atoms with Crippen molar-refractivity contribution in [2.45, 2.75) is 138 Å². The van der Waals surface area contributed by atoms with Crippen LogP contribution in [0.2, 0.25) is 0 Å². The van der Waals surface area contributed by atoms with Gasteiger partial charge in [0.05, 0.1) is 4.90 Å². The zero-order valence-corrected chi connectivity index (χ0v) is 20.1. The van der Waals surface area contributed by atoms with E-state index in [0.717, 1.165) is 62.5 Å². The van der Waals surface area contributed by atoms with Crippen molar-refractivity contribution in [3.05, 3.63) is 28.8 Å². The van der Waals surface area contributed by atoms with Gasteiger partial charge < -0.3 is 4.55 Å². The SMILES string of the molecule is O=S(=O)([O-])c1c(C2CCCCCC2)cc(C2CCCCCC2)cc1C1CCCCCC1. The van der Waals surface area contributed by atoms with Crippen LogP contribution in [0.1, 0.15) is 150 Å². The molecular formula is C27H41O3S-. The molecule has 3 nitrogen and oxygen atoms in total. The van der Waals surface area contributed by atoms with Gasteiger partial charge in [-0.15, -0.1) is 0 Å². The van der Waals surface area contributed by atoms with Crippen LogP contribution in [-0.4, -0.2) is 13.0 Å². The number of hydrogen-bond donors (Lipinski definition) is 0. The first-order valence-corrected chi connectivity index (χ1v) is 14.6. The van der Waals surface area contributed by atoms with Gasteiger partial charge in [-0.25, -0.2) is 8.42 Å². The molecule has 0 saturated heterocycles. The molecular weight excluding hydrogens is 404 g/mol. The van der Waals surface area contributed by atoms with E-state index in [-0.39, 0.29) is 16.7 Å². The van der Waals surface area contributed by atoms with Crippen LogP contribution in [0.25, 0.3) is 0 Å². The molecule has 1 aromatic rings. The van der Waals surface area contributed by atoms with E-state index in [4.69, 9.17) is 0 Å². The lowest BCUT2D eigenvalue weighted by Gasteiger charge is -2.29. The van der Waals surface area contributed by atoms with Crippen molar-refractivity contribution in [1.29, 1.82) is 0 Å². The summed E-state index contributed by atoms with van der Waals surface area (Å²) in [4.78, 5) is 0.198.